The summed E-state index contributed by atoms with van der Waals surface area (Å²) in [6, 6.07) is 3.62. The predicted octanol–water partition coefficient (Wildman–Crippen LogP) is -0.114. The van der Waals surface area contributed by atoms with E-state index < -0.39 is 0 Å². The SMILES string of the molecule is CN1C(=O)c2cccnc2O[C@H]2CNC[C@H]21. The van der Waals surface area contributed by atoms with Crippen LogP contribution in [0.5, 0.6) is 5.88 Å². The van der Waals surface area contributed by atoms with Crippen LogP contribution < -0.4 is 10.1 Å². The molecule has 0 saturated carbocycles. The van der Waals surface area contributed by atoms with Gasteiger partial charge in [0.25, 0.3) is 5.91 Å². The lowest BCUT2D eigenvalue weighted by atomic mass is 10.2. The minimum Gasteiger partial charge on any atom is -0.470 e. The number of pyridine rings is 1. The predicted molar refractivity (Wildman–Crippen MR) is 57.4 cm³/mol. The van der Waals surface area contributed by atoms with Crippen LogP contribution in [0.3, 0.4) is 0 Å². The van der Waals surface area contributed by atoms with E-state index in [0.29, 0.717) is 11.4 Å². The molecule has 0 bridgehead atoms. The zero-order valence-electron chi connectivity index (χ0n) is 9.01. The van der Waals surface area contributed by atoms with Gasteiger partial charge in [0, 0.05) is 26.3 Å². The van der Waals surface area contributed by atoms with E-state index in [4.69, 9.17) is 4.74 Å². The maximum absolute atomic E-state index is 12.2. The lowest BCUT2D eigenvalue weighted by molar-refractivity contribution is 0.0681. The fourth-order valence-corrected chi connectivity index (χ4v) is 2.28. The van der Waals surface area contributed by atoms with Gasteiger partial charge in [-0.1, -0.05) is 0 Å². The molecular formula is C11H13N3O2. The van der Waals surface area contributed by atoms with E-state index in [9.17, 15) is 4.79 Å². The van der Waals surface area contributed by atoms with Gasteiger partial charge in [0.05, 0.1) is 6.04 Å². The first-order valence-corrected chi connectivity index (χ1v) is 5.37. The molecule has 3 heterocycles. The Balaban J connectivity index is 2.07. The third-order valence-corrected chi connectivity index (χ3v) is 3.21. The van der Waals surface area contributed by atoms with Crippen molar-refractivity contribution in [1.82, 2.24) is 15.2 Å². The molecule has 1 fully saturated rings. The van der Waals surface area contributed by atoms with E-state index >= 15 is 0 Å². The first-order valence-electron chi connectivity index (χ1n) is 5.37. The maximum atomic E-state index is 12.2. The molecule has 0 radical (unpaired) electrons. The van der Waals surface area contributed by atoms with E-state index in [1.807, 2.05) is 7.05 Å². The van der Waals surface area contributed by atoms with Gasteiger partial charge in [-0.05, 0) is 12.1 Å². The normalized spacial score (nSPS) is 28.1. The number of rotatable bonds is 0. The van der Waals surface area contributed by atoms with Crippen LogP contribution in [0.25, 0.3) is 0 Å². The molecule has 16 heavy (non-hydrogen) atoms. The molecule has 84 valence electrons. The highest BCUT2D eigenvalue weighted by atomic mass is 16.5. The van der Waals surface area contributed by atoms with Crippen molar-refractivity contribution in [2.24, 2.45) is 0 Å². The highest BCUT2D eigenvalue weighted by molar-refractivity contribution is 5.96. The molecule has 3 rings (SSSR count). The molecule has 0 aromatic carbocycles. The summed E-state index contributed by atoms with van der Waals surface area (Å²) in [5.41, 5.74) is 0.555. The number of amides is 1. The largest absolute Gasteiger partial charge is 0.470 e. The quantitative estimate of drug-likeness (QED) is 0.661. The number of likely N-dealkylation sites (N-methyl/N-ethyl adjacent to an activating group) is 1. The third kappa shape index (κ3) is 1.28. The molecule has 2 aliphatic rings. The minimum atomic E-state index is -0.0145. The summed E-state index contributed by atoms with van der Waals surface area (Å²) in [7, 11) is 1.82. The summed E-state index contributed by atoms with van der Waals surface area (Å²) < 4.78 is 5.79. The number of carbonyl (C=O) groups excluding carboxylic acids is 1. The highest BCUT2D eigenvalue weighted by Crippen LogP contribution is 2.25. The molecule has 1 N–H and O–H groups in total. The summed E-state index contributed by atoms with van der Waals surface area (Å²) in [5, 5.41) is 3.23. The molecule has 1 amide bonds. The van der Waals surface area contributed by atoms with Gasteiger partial charge in [0.1, 0.15) is 11.7 Å². The molecule has 2 atom stereocenters. The summed E-state index contributed by atoms with van der Waals surface area (Å²) in [5.74, 6) is 0.440. The number of nitrogens with zero attached hydrogens (tertiary/aromatic N) is 2. The number of aromatic nitrogens is 1. The second-order valence-corrected chi connectivity index (χ2v) is 4.15. The molecule has 5 nitrogen and oxygen atoms in total. The van der Waals surface area contributed by atoms with Gasteiger partial charge in [-0.15, -0.1) is 0 Å². The van der Waals surface area contributed by atoms with Crippen LogP contribution in [0.2, 0.25) is 0 Å². The van der Waals surface area contributed by atoms with Crippen molar-refractivity contribution in [3.05, 3.63) is 23.9 Å². The highest BCUT2D eigenvalue weighted by Gasteiger charge is 2.39. The molecule has 1 aromatic heterocycles. The minimum absolute atomic E-state index is 0.00472. The Morgan fingerprint density at radius 1 is 1.56 bits per heavy atom. The van der Waals surface area contributed by atoms with Crippen molar-refractivity contribution in [3.63, 3.8) is 0 Å². The van der Waals surface area contributed by atoms with Crippen molar-refractivity contribution in [3.8, 4) is 5.88 Å². The Bertz CT molecular complexity index is 435. The van der Waals surface area contributed by atoms with Gasteiger partial charge < -0.3 is 15.0 Å². The number of hydrogen-bond acceptors (Lipinski definition) is 4. The van der Waals surface area contributed by atoms with Crippen molar-refractivity contribution < 1.29 is 9.53 Å². The van der Waals surface area contributed by atoms with E-state index in [1.165, 1.54) is 0 Å². The second kappa shape index (κ2) is 3.45. The van der Waals surface area contributed by atoms with Crippen LogP contribution in [0.4, 0.5) is 0 Å². The van der Waals surface area contributed by atoms with Crippen LogP contribution in [0, 0.1) is 0 Å². The Hall–Kier alpha value is -1.62. The van der Waals surface area contributed by atoms with Crippen molar-refractivity contribution in [2.45, 2.75) is 12.1 Å². The van der Waals surface area contributed by atoms with Crippen LogP contribution in [0.1, 0.15) is 10.4 Å². The monoisotopic (exact) mass is 219 g/mol. The Kier molecular flexibility index (Phi) is 2.07. The fraction of sp³-hybridized carbons (Fsp3) is 0.455. The summed E-state index contributed by atoms with van der Waals surface area (Å²) in [6.07, 6.45) is 1.65. The van der Waals surface area contributed by atoms with Gasteiger partial charge >= 0.3 is 0 Å². The average molecular weight is 219 g/mol. The van der Waals surface area contributed by atoms with Gasteiger partial charge in [0.2, 0.25) is 5.88 Å². The van der Waals surface area contributed by atoms with Crippen LogP contribution in [0.15, 0.2) is 18.3 Å². The Morgan fingerprint density at radius 2 is 2.44 bits per heavy atom. The van der Waals surface area contributed by atoms with Crippen molar-refractivity contribution >= 4 is 5.91 Å². The summed E-state index contributed by atoms with van der Waals surface area (Å²) >= 11 is 0. The molecule has 1 aromatic rings. The Morgan fingerprint density at radius 3 is 3.31 bits per heavy atom. The van der Waals surface area contributed by atoms with E-state index in [0.717, 1.165) is 13.1 Å². The van der Waals surface area contributed by atoms with E-state index in [-0.39, 0.29) is 18.1 Å². The topological polar surface area (TPSA) is 54.5 Å². The van der Waals surface area contributed by atoms with Crippen LogP contribution >= 0.6 is 0 Å². The van der Waals surface area contributed by atoms with Crippen molar-refractivity contribution in [1.29, 1.82) is 0 Å². The second-order valence-electron chi connectivity index (χ2n) is 4.15. The first-order chi connectivity index (χ1) is 7.77. The number of fused-ring (bicyclic) bond motifs is 2. The maximum Gasteiger partial charge on any atom is 0.259 e. The van der Waals surface area contributed by atoms with Gasteiger partial charge in [-0.2, -0.15) is 0 Å². The van der Waals surface area contributed by atoms with Gasteiger partial charge in [-0.3, -0.25) is 4.79 Å². The molecule has 0 spiro atoms. The number of ether oxygens (including phenoxy) is 1. The fourth-order valence-electron chi connectivity index (χ4n) is 2.28. The van der Waals surface area contributed by atoms with Crippen molar-refractivity contribution in [2.75, 3.05) is 20.1 Å². The molecule has 2 aliphatic heterocycles. The first kappa shape index (κ1) is 9.59. The molecule has 5 heteroatoms. The third-order valence-electron chi connectivity index (χ3n) is 3.21. The van der Waals surface area contributed by atoms with Gasteiger partial charge in [-0.25, -0.2) is 4.98 Å². The zero-order valence-corrected chi connectivity index (χ0v) is 9.01. The van der Waals surface area contributed by atoms with Crippen LogP contribution in [-0.4, -0.2) is 48.1 Å². The van der Waals surface area contributed by atoms with Crippen LogP contribution in [-0.2, 0) is 0 Å². The lowest BCUT2D eigenvalue weighted by Crippen LogP contribution is -2.44. The van der Waals surface area contributed by atoms with E-state index in [1.54, 1.807) is 23.2 Å². The van der Waals surface area contributed by atoms with E-state index in [2.05, 4.69) is 10.3 Å². The molecule has 0 unspecified atom stereocenters. The number of hydrogen-bond donors (Lipinski definition) is 1. The molecule has 1 saturated heterocycles. The van der Waals surface area contributed by atoms with Gasteiger partial charge in [0.15, 0.2) is 0 Å². The summed E-state index contributed by atoms with van der Waals surface area (Å²) in [6.45, 7) is 1.54. The Labute approximate surface area is 93.4 Å². The number of carbonyl (C=O) groups is 1. The zero-order chi connectivity index (χ0) is 11.1. The lowest BCUT2D eigenvalue weighted by Gasteiger charge is -2.24. The smallest absolute Gasteiger partial charge is 0.259 e. The summed E-state index contributed by atoms with van der Waals surface area (Å²) in [4.78, 5) is 18.0. The standard InChI is InChI=1S/C11H13N3O2/c1-14-8-5-12-6-9(8)16-10-7(11(14)15)3-2-4-13-10/h2-4,8-9,12H,5-6H2,1H3/t8-,9+/m1/s1. The number of nitrogens with one attached hydrogen (secondary N) is 1. The molecule has 0 aliphatic carbocycles. The molecular weight excluding hydrogens is 206 g/mol. The average Bonchev–Trinajstić information content (AvgIpc) is 2.72.